The van der Waals surface area contributed by atoms with E-state index in [9.17, 15) is 19.5 Å². The van der Waals surface area contributed by atoms with Gasteiger partial charge in [-0.25, -0.2) is 4.79 Å². The summed E-state index contributed by atoms with van der Waals surface area (Å²) >= 11 is 0. The van der Waals surface area contributed by atoms with Crippen LogP contribution in [0.1, 0.15) is 43.2 Å². The van der Waals surface area contributed by atoms with Crippen LogP contribution in [0, 0.1) is 17.8 Å². The molecule has 2 aromatic carbocycles. The molecule has 178 valence electrons. The van der Waals surface area contributed by atoms with Gasteiger partial charge in [-0.3, -0.25) is 9.59 Å². The summed E-state index contributed by atoms with van der Waals surface area (Å²) in [5, 5.41) is 12.2. The second-order valence-corrected chi connectivity index (χ2v) is 9.87. The molecule has 0 aromatic heterocycles. The summed E-state index contributed by atoms with van der Waals surface area (Å²) in [6.07, 6.45) is 2.04. The number of hydrogen-bond donors (Lipinski definition) is 2. The molecule has 0 bridgehead atoms. The van der Waals surface area contributed by atoms with Gasteiger partial charge in [0, 0.05) is 19.0 Å². The fourth-order valence-corrected chi connectivity index (χ4v) is 5.38. The zero-order valence-electron chi connectivity index (χ0n) is 19.3. The van der Waals surface area contributed by atoms with E-state index in [1.54, 1.807) is 4.90 Å². The van der Waals surface area contributed by atoms with E-state index in [1.807, 2.05) is 31.2 Å². The molecule has 1 saturated carbocycles. The average Bonchev–Trinajstić information content (AvgIpc) is 3.47. The van der Waals surface area contributed by atoms with Gasteiger partial charge in [-0.05, 0) is 40.5 Å². The van der Waals surface area contributed by atoms with Crippen LogP contribution in [0.15, 0.2) is 48.5 Å². The number of nitrogens with zero attached hydrogens (tertiary/aromatic N) is 1. The summed E-state index contributed by atoms with van der Waals surface area (Å²) in [5.41, 5.74) is 4.58. The Morgan fingerprint density at radius 1 is 1.03 bits per heavy atom. The molecule has 2 unspecified atom stereocenters. The number of hydrogen-bond acceptors (Lipinski definition) is 4. The SMILES string of the molecule is CC1CN(C(=O)[C@H](CC2CC2)NC(=O)OCC2c3ccccc3-c3ccccc32)CC1C(=O)O. The van der Waals surface area contributed by atoms with Crippen molar-refractivity contribution in [2.45, 2.75) is 38.1 Å². The van der Waals surface area contributed by atoms with Gasteiger partial charge in [0.05, 0.1) is 5.92 Å². The van der Waals surface area contributed by atoms with Gasteiger partial charge in [0.25, 0.3) is 0 Å². The van der Waals surface area contributed by atoms with Gasteiger partial charge in [-0.2, -0.15) is 0 Å². The number of aliphatic carboxylic acids is 1. The molecule has 34 heavy (non-hydrogen) atoms. The van der Waals surface area contributed by atoms with E-state index in [2.05, 4.69) is 29.6 Å². The molecule has 3 aliphatic rings. The third kappa shape index (κ3) is 4.39. The van der Waals surface area contributed by atoms with E-state index in [0.29, 0.717) is 18.9 Å². The van der Waals surface area contributed by atoms with Crippen LogP contribution in [-0.2, 0) is 14.3 Å². The molecule has 7 nitrogen and oxygen atoms in total. The number of nitrogens with one attached hydrogen (secondary N) is 1. The Kier molecular flexibility index (Phi) is 6.02. The van der Waals surface area contributed by atoms with E-state index < -0.39 is 24.0 Å². The Balaban J connectivity index is 1.24. The van der Waals surface area contributed by atoms with Crippen LogP contribution in [0.3, 0.4) is 0 Å². The maximum absolute atomic E-state index is 13.2. The number of carbonyl (C=O) groups excluding carboxylic acids is 2. The van der Waals surface area contributed by atoms with Crippen molar-refractivity contribution in [3.63, 3.8) is 0 Å². The second kappa shape index (κ2) is 9.12. The van der Waals surface area contributed by atoms with Gasteiger partial charge >= 0.3 is 12.1 Å². The Labute approximate surface area is 199 Å². The molecule has 2 amide bonds. The van der Waals surface area contributed by atoms with Gasteiger partial charge in [-0.1, -0.05) is 68.3 Å². The minimum absolute atomic E-state index is 0.0495. The normalized spacial score (nSPS) is 22.1. The molecule has 2 aromatic rings. The lowest BCUT2D eigenvalue weighted by atomic mass is 9.98. The number of amides is 2. The highest BCUT2D eigenvalue weighted by molar-refractivity contribution is 5.87. The highest BCUT2D eigenvalue weighted by atomic mass is 16.5. The molecule has 1 aliphatic heterocycles. The highest BCUT2D eigenvalue weighted by Crippen LogP contribution is 2.44. The van der Waals surface area contributed by atoms with E-state index in [-0.39, 0.29) is 30.9 Å². The molecule has 1 heterocycles. The maximum atomic E-state index is 13.2. The number of likely N-dealkylation sites (tertiary alicyclic amines) is 1. The second-order valence-electron chi connectivity index (χ2n) is 9.87. The molecule has 3 atom stereocenters. The van der Waals surface area contributed by atoms with Crippen molar-refractivity contribution >= 4 is 18.0 Å². The lowest BCUT2D eigenvalue weighted by Gasteiger charge is -2.24. The molecular weight excluding hydrogens is 432 g/mol. The standard InChI is InChI=1S/C27H30N2O5/c1-16-13-29(14-22(16)26(31)32)25(30)24(12-17-10-11-17)28-27(33)34-15-23-20-8-4-2-6-18(20)19-7-3-5-9-21(19)23/h2-9,16-17,22-24H,10-15H2,1H3,(H,28,33)(H,31,32)/t16?,22?,24-/m0/s1. The molecule has 5 rings (SSSR count). The van der Waals surface area contributed by atoms with Gasteiger partial charge in [0.2, 0.25) is 5.91 Å². The average molecular weight is 463 g/mol. The third-order valence-electron chi connectivity index (χ3n) is 7.44. The first-order valence-corrected chi connectivity index (χ1v) is 12.1. The summed E-state index contributed by atoms with van der Waals surface area (Å²) in [7, 11) is 0. The highest BCUT2D eigenvalue weighted by Gasteiger charge is 2.41. The minimum atomic E-state index is -0.883. The number of carboxylic acids is 1. The van der Waals surface area contributed by atoms with Gasteiger partial charge < -0.3 is 20.1 Å². The van der Waals surface area contributed by atoms with E-state index in [4.69, 9.17) is 4.74 Å². The molecule has 0 spiro atoms. The van der Waals surface area contributed by atoms with Crippen molar-refractivity contribution in [3.8, 4) is 11.1 Å². The molecule has 1 saturated heterocycles. The first kappa shape index (κ1) is 22.4. The van der Waals surface area contributed by atoms with Gasteiger partial charge in [0.15, 0.2) is 0 Å². The quantitative estimate of drug-likeness (QED) is 0.651. The molecule has 7 heteroatoms. The van der Waals surface area contributed by atoms with Crippen molar-refractivity contribution < 1.29 is 24.2 Å². The number of rotatable bonds is 7. The summed E-state index contributed by atoms with van der Waals surface area (Å²) < 4.78 is 5.65. The summed E-state index contributed by atoms with van der Waals surface area (Å²) in [4.78, 5) is 39.1. The van der Waals surface area contributed by atoms with Crippen molar-refractivity contribution in [2.24, 2.45) is 17.8 Å². The van der Waals surface area contributed by atoms with Crippen molar-refractivity contribution in [1.82, 2.24) is 10.2 Å². The zero-order valence-corrected chi connectivity index (χ0v) is 19.3. The molecule has 2 fully saturated rings. The van der Waals surface area contributed by atoms with Crippen molar-refractivity contribution in [2.75, 3.05) is 19.7 Å². The molecule has 0 radical (unpaired) electrons. The van der Waals surface area contributed by atoms with Crippen LogP contribution in [0.2, 0.25) is 0 Å². The van der Waals surface area contributed by atoms with Crippen LogP contribution < -0.4 is 5.32 Å². The van der Waals surface area contributed by atoms with Gasteiger partial charge in [0.1, 0.15) is 12.6 Å². The first-order chi connectivity index (χ1) is 16.4. The minimum Gasteiger partial charge on any atom is -0.481 e. The predicted octanol–water partition coefficient (Wildman–Crippen LogP) is 3.87. The summed E-state index contributed by atoms with van der Waals surface area (Å²) in [6, 6.07) is 15.6. The van der Waals surface area contributed by atoms with Crippen LogP contribution in [0.4, 0.5) is 4.79 Å². The van der Waals surface area contributed by atoms with Crippen LogP contribution in [0.5, 0.6) is 0 Å². The third-order valence-corrected chi connectivity index (χ3v) is 7.44. The van der Waals surface area contributed by atoms with Crippen LogP contribution in [-0.4, -0.2) is 53.7 Å². The molecular formula is C27H30N2O5. The summed E-state index contributed by atoms with van der Waals surface area (Å²) in [5.74, 6) is -1.41. The monoisotopic (exact) mass is 462 g/mol. The van der Waals surface area contributed by atoms with E-state index >= 15 is 0 Å². The van der Waals surface area contributed by atoms with Crippen molar-refractivity contribution in [3.05, 3.63) is 59.7 Å². The fourth-order valence-electron chi connectivity index (χ4n) is 5.38. The largest absolute Gasteiger partial charge is 0.481 e. The number of carbonyl (C=O) groups is 3. The zero-order chi connectivity index (χ0) is 23.8. The van der Waals surface area contributed by atoms with Crippen LogP contribution in [0.25, 0.3) is 11.1 Å². The number of fused-ring (bicyclic) bond motifs is 3. The number of carboxylic acid groups (broad SMARTS) is 1. The van der Waals surface area contributed by atoms with Gasteiger partial charge in [-0.15, -0.1) is 0 Å². The molecule has 2 aliphatic carbocycles. The number of alkyl carbamates (subject to hydrolysis) is 1. The number of ether oxygens (including phenoxy) is 1. The lowest BCUT2D eigenvalue weighted by Crippen LogP contribution is -2.48. The summed E-state index contributed by atoms with van der Waals surface area (Å²) in [6.45, 7) is 2.61. The first-order valence-electron chi connectivity index (χ1n) is 12.1. The van der Waals surface area contributed by atoms with E-state index in [1.165, 1.54) is 0 Å². The Morgan fingerprint density at radius 2 is 1.65 bits per heavy atom. The fraction of sp³-hybridized carbons (Fsp3) is 0.444. The van der Waals surface area contributed by atoms with Crippen molar-refractivity contribution in [1.29, 1.82) is 0 Å². The Bertz CT molecular complexity index is 1070. The predicted molar refractivity (Wildman–Crippen MR) is 126 cm³/mol. The Hall–Kier alpha value is -3.35. The lowest BCUT2D eigenvalue weighted by molar-refractivity contribution is -0.142. The topological polar surface area (TPSA) is 95.9 Å². The van der Waals surface area contributed by atoms with Crippen LogP contribution >= 0.6 is 0 Å². The number of benzene rings is 2. The smallest absolute Gasteiger partial charge is 0.407 e. The van der Waals surface area contributed by atoms with E-state index in [0.717, 1.165) is 35.1 Å². The molecule has 2 N–H and O–H groups in total. The maximum Gasteiger partial charge on any atom is 0.407 e. The Morgan fingerprint density at radius 3 is 2.21 bits per heavy atom.